The molecule has 1 fully saturated rings. The van der Waals surface area contributed by atoms with E-state index < -0.39 is 0 Å². The largest absolute Gasteiger partial charge is 0.378 e. The molecule has 0 radical (unpaired) electrons. The van der Waals surface area contributed by atoms with Crippen LogP contribution < -0.4 is 5.32 Å². The molecule has 1 unspecified atom stereocenters. The molecule has 3 rings (SSSR count). The van der Waals surface area contributed by atoms with Crippen LogP contribution in [-0.2, 0) is 4.74 Å². The zero-order valence-electron chi connectivity index (χ0n) is 10.2. The molecule has 0 saturated carbocycles. The first-order valence-corrected chi connectivity index (χ1v) is 6.91. The van der Waals surface area contributed by atoms with Crippen molar-refractivity contribution in [3.63, 3.8) is 0 Å². The minimum absolute atomic E-state index is 0.109. The SMILES string of the molecule is Cc1cc(-c2cccs2)nc(C2COCCN2)n1. The molecular formula is C13H15N3OS. The number of nitrogens with one attached hydrogen (secondary N) is 1. The van der Waals surface area contributed by atoms with E-state index in [1.54, 1.807) is 11.3 Å². The van der Waals surface area contributed by atoms with Crippen molar-refractivity contribution < 1.29 is 4.74 Å². The Morgan fingerprint density at radius 2 is 2.39 bits per heavy atom. The fraction of sp³-hybridized carbons (Fsp3) is 0.385. The van der Waals surface area contributed by atoms with E-state index in [0.717, 1.165) is 30.4 Å². The number of aromatic nitrogens is 2. The van der Waals surface area contributed by atoms with Gasteiger partial charge < -0.3 is 10.1 Å². The number of morpholine rings is 1. The number of nitrogens with zero attached hydrogens (tertiary/aromatic N) is 2. The Balaban J connectivity index is 1.95. The Kier molecular flexibility index (Phi) is 3.36. The summed E-state index contributed by atoms with van der Waals surface area (Å²) in [6.07, 6.45) is 0. The van der Waals surface area contributed by atoms with Crippen LogP contribution in [0, 0.1) is 6.92 Å². The number of thiophene rings is 1. The number of hydrogen-bond donors (Lipinski definition) is 1. The third-order valence-corrected chi connectivity index (χ3v) is 3.77. The Labute approximate surface area is 110 Å². The molecule has 1 aliphatic heterocycles. The standard InChI is InChI=1S/C13H15N3OS/c1-9-7-10(12-3-2-6-18-12)16-13(15-9)11-8-17-5-4-14-11/h2-3,6-7,11,14H,4-5,8H2,1H3. The molecule has 0 amide bonds. The van der Waals surface area contributed by atoms with Crippen LogP contribution in [0.25, 0.3) is 10.6 Å². The molecule has 0 spiro atoms. The smallest absolute Gasteiger partial charge is 0.148 e. The molecule has 3 heterocycles. The summed E-state index contributed by atoms with van der Waals surface area (Å²) in [6, 6.07) is 6.26. The predicted octanol–water partition coefficient (Wildman–Crippen LogP) is 2.17. The van der Waals surface area contributed by atoms with Crippen LogP contribution >= 0.6 is 11.3 Å². The van der Waals surface area contributed by atoms with E-state index in [4.69, 9.17) is 4.74 Å². The highest BCUT2D eigenvalue weighted by atomic mass is 32.1. The van der Waals surface area contributed by atoms with E-state index in [9.17, 15) is 0 Å². The second kappa shape index (κ2) is 5.14. The Morgan fingerprint density at radius 3 is 3.11 bits per heavy atom. The lowest BCUT2D eigenvalue weighted by Crippen LogP contribution is -2.35. The van der Waals surface area contributed by atoms with Crippen LogP contribution in [0.1, 0.15) is 17.6 Å². The molecule has 0 aromatic carbocycles. The van der Waals surface area contributed by atoms with Gasteiger partial charge in [-0.05, 0) is 24.4 Å². The highest BCUT2D eigenvalue weighted by Gasteiger charge is 2.19. The lowest BCUT2D eigenvalue weighted by Gasteiger charge is -2.23. The molecule has 1 saturated heterocycles. The van der Waals surface area contributed by atoms with Gasteiger partial charge in [0, 0.05) is 12.2 Å². The highest BCUT2D eigenvalue weighted by molar-refractivity contribution is 7.13. The van der Waals surface area contributed by atoms with Crippen LogP contribution in [-0.4, -0.2) is 29.7 Å². The molecule has 5 heteroatoms. The van der Waals surface area contributed by atoms with E-state index in [2.05, 4.69) is 26.7 Å². The van der Waals surface area contributed by atoms with E-state index >= 15 is 0 Å². The van der Waals surface area contributed by atoms with Gasteiger partial charge >= 0.3 is 0 Å². The van der Waals surface area contributed by atoms with Gasteiger partial charge in [-0.1, -0.05) is 6.07 Å². The average molecular weight is 261 g/mol. The quantitative estimate of drug-likeness (QED) is 0.900. The number of hydrogen-bond acceptors (Lipinski definition) is 5. The van der Waals surface area contributed by atoms with Crippen LogP contribution in [0.2, 0.25) is 0 Å². The number of rotatable bonds is 2. The number of aryl methyl sites for hydroxylation is 1. The van der Waals surface area contributed by atoms with Crippen molar-refractivity contribution in [1.29, 1.82) is 0 Å². The minimum atomic E-state index is 0.109. The molecule has 0 bridgehead atoms. The fourth-order valence-electron chi connectivity index (χ4n) is 2.03. The maximum absolute atomic E-state index is 5.47. The van der Waals surface area contributed by atoms with Gasteiger partial charge in [0.25, 0.3) is 0 Å². The van der Waals surface area contributed by atoms with Crippen molar-refractivity contribution in [2.24, 2.45) is 0 Å². The van der Waals surface area contributed by atoms with Gasteiger partial charge in [-0.25, -0.2) is 9.97 Å². The molecule has 0 aliphatic carbocycles. The first kappa shape index (κ1) is 11.8. The van der Waals surface area contributed by atoms with Gasteiger partial charge in [-0.15, -0.1) is 11.3 Å². The van der Waals surface area contributed by atoms with Crippen molar-refractivity contribution in [2.45, 2.75) is 13.0 Å². The average Bonchev–Trinajstić information content (AvgIpc) is 2.93. The third kappa shape index (κ3) is 2.43. The summed E-state index contributed by atoms with van der Waals surface area (Å²) in [6.45, 7) is 4.27. The maximum atomic E-state index is 5.47. The Bertz CT molecular complexity index is 521. The van der Waals surface area contributed by atoms with E-state index in [1.165, 1.54) is 4.88 Å². The second-order valence-electron chi connectivity index (χ2n) is 4.31. The van der Waals surface area contributed by atoms with Crippen molar-refractivity contribution in [1.82, 2.24) is 15.3 Å². The van der Waals surface area contributed by atoms with Gasteiger partial charge in [-0.3, -0.25) is 0 Å². The summed E-state index contributed by atoms with van der Waals surface area (Å²) in [5.74, 6) is 0.832. The first-order chi connectivity index (χ1) is 8.83. The van der Waals surface area contributed by atoms with E-state index in [0.29, 0.717) is 6.61 Å². The monoisotopic (exact) mass is 261 g/mol. The normalized spacial score (nSPS) is 19.9. The molecule has 2 aromatic rings. The lowest BCUT2D eigenvalue weighted by molar-refractivity contribution is 0.0742. The molecule has 2 aromatic heterocycles. The zero-order valence-corrected chi connectivity index (χ0v) is 11.0. The molecule has 18 heavy (non-hydrogen) atoms. The summed E-state index contributed by atoms with van der Waals surface area (Å²) in [4.78, 5) is 10.4. The molecular weight excluding hydrogens is 246 g/mol. The van der Waals surface area contributed by atoms with E-state index in [1.807, 2.05) is 19.1 Å². The Morgan fingerprint density at radius 1 is 1.44 bits per heavy atom. The predicted molar refractivity (Wildman–Crippen MR) is 71.6 cm³/mol. The number of ether oxygens (including phenoxy) is 1. The third-order valence-electron chi connectivity index (χ3n) is 2.88. The lowest BCUT2D eigenvalue weighted by atomic mass is 10.2. The molecule has 1 atom stereocenters. The van der Waals surface area contributed by atoms with Gasteiger partial charge in [0.15, 0.2) is 0 Å². The maximum Gasteiger partial charge on any atom is 0.148 e. The molecule has 94 valence electrons. The van der Waals surface area contributed by atoms with Crippen molar-refractivity contribution in [3.8, 4) is 10.6 Å². The summed E-state index contributed by atoms with van der Waals surface area (Å²) in [5.41, 5.74) is 2.00. The van der Waals surface area contributed by atoms with Crippen molar-refractivity contribution >= 4 is 11.3 Å². The van der Waals surface area contributed by atoms with Gasteiger partial charge in [0.1, 0.15) is 5.82 Å². The van der Waals surface area contributed by atoms with Crippen LogP contribution in [0.3, 0.4) is 0 Å². The van der Waals surface area contributed by atoms with Gasteiger partial charge in [0.05, 0.1) is 29.8 Å². The van der Waals surface area contributed by atoms with Gasteiger partial charge in [-0.2, -0.15) is 0 Å². The summed E-state index contributed by atoms with van der Waals surface area (Å²) >= 11 is 1.70. The summed E-state index contributed by atoms with van der Waals surface area (Å²) < 4.78 is 5.47. The minimum Gasteiger partial charge on any atom is -0.378 e. The van der Waals surface area contributed by atoms with Crippen LogP contribution in [0.15, 0.2) is 23.6 Å². The summed E-state index contributed by atoms with van der Waals surface area (Å²) in [7, 11) is 0. The van der Waals surface area contributed by atoms with Crippen LogP contribution in [0.5, 0.6) is 0 Å². The van der Waals surface area contributed by atoms with E-state index in [-0.39, 0.29) is 6.04 Å². The molecule has 4 nitrogen and oxygen atoms in total. The van der Waals surface area contributed by atoms with Gasteiger partial charge in [0.2, 0.25) is 0 Å². The molecule has 1 aliphatic rings. The zero-order chi connectivity index (χ0) is 12.4. The fourth-order valence-corrected chi connectivity index (χ4v) is 2.72. The van der Waals surface area contributed by atoms with Crippen molar-refractivity contribution in [3.05, 3.63) is 35.1 Å². The first-order valence-electron chi connectivity index (χ1n) is 6.03. The topological polar surface area (TPSA) is 47.0 Å². The highest BCUT2D eigenvalue weighted by Crippen LogP contribution is 2.24. The van der Waals surface area contributed by atoms with Crippen molar-refractivity contribution in [2.75, 3.05) is 19.8 Å². The summed E-state index contributed by atoms with van der Waals surface area (Å²) in [5, 5.41) is 5.45. The van der Waals surface area contributed by atoms with Crippen LogP contribution in [0.4, 0.5) is 0 Å². The molecule has 1 N–H and O–H groups in total. The second-order valence-corrected chi connectivity index (χ2v) is 5.26. The Hall–Kier alpha value is -1.30.